The fraction of sp³-hybridized carbons (Fsp3) is 0.240. The van der Waals surface area contributed by atoms with Crippen LogP contribution in [0.5, 0.6) is 5.75 Å². The highest BCUT2D eigenvalue weighted by Gasteiger charge is 2.19. The number of methoxy groups -OCH3 is 1. The minimum Gasteiger partial charge on any atom is -0.497 e. The van der Waals surface area contributed by atoms with E-state index in [9.17, 15) is 14.7 Å². The number of aromatic amines is 1. The Bertz CT molecular complexity index is 1370. The van der Waals surface area contributed by atoms with Gasteiger partial charge in [-0.15, -0.1) is 5.10 Å². The fourth-order valence-electron chi connectivity index (χ4n) is 3.70. The summed E-state index contributed by atoms with van der Waals surface area (Å²) in [5, 5.41) is 16.9. The van der Waals surface area contributed by atoms with Gasteiger partial charge in [0.25, 0.3) is 11.5 Å². The van der Waals surface area contributed by atoms with Crippen molar-refractivity contribution in [2.75, 3.05) is 13.7 Å². The van der Waals surface area contributed by atoms with Gasteiger partial charge in [-0.2, -0.15) is 0 Å². The Kier molecular flexibility index (Phi) is 6.28. The molecule has 0 aliphatic rings. The van der Waals surface area contributed by atoms with Gasteiger partial charge in [-0.05, 0) is 61.2 Å². The number of H-pyrrole nitrogens is 1. The first-order valence-corrected chi connectivity index (χ1v) is 10.7. The quantitative estimate of drug-likeness (QED) is 0.404. The van der Waals surface area contributed by atoms with Crippen molar-refractivity contribution in [2.24, 2.45) is 0 Å². The Labute approximate surface area is 190 Å². The van der Waals surface area contributed by atoms with Crippen LogP contribution >= 0.6 is 0 Å². The average Bonchev–Trinajstić information content (AvgIpc) is 3.26. The Hall–Kier alpha value is -3.91. The molecular weight excluding hydrogens is 420 g/mol. The molecule has 2 aromatic heterocycles. The number of ether oxygens (including phenoxy) is 1. The Balaban J connectivity index is 1.64. The molecule has 1 unspecified atom stereocenters. The van der Waals surface area contributed by atoms with Crippen LogP contribution in [-0.2, 0) is 0 Å². The predicted molar refractivity (Wildman–Crippen MR) is 126 cm³/mol. The molecule has 8 heteroatoms. The summed E-state index contributed by atoms with van der Waals surface area (Å²) in [6.07, 6.45) is 1.87. The highest BCUT2D eigenvalue weighted by molar-refractivity contribution is 5.95. The number of carbonyl (C=O) groups is 1. The molecule has 0 fully saturated rings. The minimum atomic E-state index is -0.419. The monoisotopic (exact) mass is 446 g/mol. The van der Waals surface area contributed by atoms with Crippen molar-refractivity contribution in [3.05, 3.63) is 87.3 Å². The second-order valence-electron chi connectivity index (χ2n) is 7.98. The number of carbonyl (C=O) groups excluding carboxylic acids is 1. The van der Waals surface area contributed by atoms with Crippen LogP contribution in [0.25, 0.3) is 16.9 Å². The molecule has 0 aliphatic carbocycles. The van der Waals surface area contributed by atoms with Crippen LogP contribution in [0.2, 0.25) is 0 Å². The van der Waals surface area contributed by atoms with E-state index < -0.39 is 6.04 Å². The third-order valence-corrected chi connectivity index (χ3v) is 5.73. The molecule has 2 aromatic carbocycles. The van der Waals surface area contributed by atoms with Crippen molar-refractivity contribution >= 4 is 11.4 Å². The summed E-state index contributed by atoms with van der Waals surface area (Å²) >= 11 is 0. The number of hydrogen-bond acceptors (Lipinski definition) is 5. The van der Waals surface area contributed by atoms with E-state index in [1.165, 1.54) is 16.8 Å². The van der Waals surface area contributed by atoms with E-state index in [1.54, 1.807) is 7.11 Å². The molecule has 4 rings (SSSR count). The molecule has 0 aliphatic heterocycles. The number of hydrogen-bond donors (Lipinski definition) is 3. The van der Waals surface area contributed by atoms with E-state index in [1.807, 2.05) is 56.3 Å². The van der Waals surface area contributed by atoms with Crippen molar-refractivity contribution in [3.63, 3.8) is 0 Å². The standard InChI is InChI=1S/C25H26N4O4/c1-15-7-8-18(11-16(15)2)23-27-25(32)22-13-19(14-29(22)28-23)24(31)26-21(9-10-30)17-5-4-6-20(12-17)33-3/h4-8,11-14,21,30H,9-10H2,1-3H3,(H,26,31)(H,27,28,32). The van der Waals surface area contributed by atoms with Gasteiger partial charge in [0.2, 0.25) is 0 Å². The summed E-state index contributed by atoms with van der Waals surface area (Å²) in [5.74, 6) is 0.718. The molecule has 3 N–H and O–H groups in total. The van der Waals surface area contributed by atoms with Crippen LogP contribution in [0.1, 0.15) is 39.5 Å². The lowest BCUT2D eigenvalue weighted by Crippen LogP contribution is -2.29. The summed E-state index contributed by atoms with van der Waals surface area (Å²) in [6, 6.07) is 14.2. The maximum absolute atomic E-state index is 13.0. The Morgan fingerprint density at radius 1 is 1.18 bits per heavy atom. The lowest BCUT2D eigenvalue weighted by molar-refractivity contribution is 0.0930. The number of nitrogens with zero attached hydrogens (tertiary/aromatic N) is 2. The van der Waals surface area contributed by atoms with E-state index in [4.69, 9.17) is 4.74 Å². The molecule has 170 valence electrons. The predicted octanol–water partition coefficient (Wildman–Crippen LogP) is 3.17. The van der Waals surface area contributed by atoms with Gasteiger partial charge in [0.05, 0.1) is 18.7 Å². The SMILES string of the molecule is COc1cccc(C(CCO)NC(=O)c2cc3c(=O)[nH]c(-c4ccc(C)c(C)c4)nn3c2)c1. The minimum absolute atomic E-state index is 0.0968. The molecule has 4 aromatic rings. The summed E-state index contributed by atoms with van der Waals surface area (Å²) in [4.78, 5) is 28.5. The molecule has 2 heterocycles. The van der Waals surface area contributed by atoms with Gasteiger partial charge in [-0.25, -0.2) is 4.52 Å². The van der Waals surface area contributed by atoms with Crippen LogP contribution in [0.4, 0.5) is 0 Å². The maximum atomic E-state index is 13.0. The van der Waals surface area contributed by atoms with Gasteiger partial charge in [-0.1, -0.05) is 24.3 Å². The largest absolute Gasteiger partial charge is 0.497 e. The van der Waals surface area contributed by atoms with Crippen molar-refractivity contribution in [3.8, 4) is 17.1 Å². The molecule has 0 spiro atoms. The molecule has 0 saturated heterocycles. The molecule has 8 nitrogen and oxygen atoms in total. The van der Waals surface area contributed by atoms with E-state index in [-0.39, 0.29) is 23.6 Å². The first kappa shape index (κ1) is 22.3. The highest BCUT2D eigenvalue weighted by atomic mass is 16.5. The topological polar surface area (TPSA) is 109 Å². The van der Waals surface area contributed by atoms with Crippen LogP contribution in [0, 0.1) is 13.8 Å². The summed E-state index contributed by atoms with van der Waals surface area (Å²) in [7, 11) is 1.57. The molecule has 1 amide bonds. The molecule has 33 heavy (non-hydrogen) atoms. The Morgan fingerprint density at radius 3 is 2.73 bits per heavy atom. The normalized spacial score (nSPS) is 12.0. The summed E-state index contributed by atoms with van der Waals surface area (Å²) in [6.45, 7) is 3.92. The third kappa shape index (κ3) is 4.65. The molecule has 0 saturated carbocycles. The first-order chi connectivity index (χ1) is 15.9. The summed E-state index contributed by atoms with van der Waals surface area (Å²) < 4.78 is 6.68. The van der Waals surface area contributed by atoms with E-state index >= 15 is 0 Å². The number of amides is 1. The third-order valence-electron chi connectivity index (χ3n) is 5.73. The number of rotatable bonds is 7. The van der Waals surface area contributed by atoms with Crippen LogP contribution < -0.4 is 15.6 Å². The Morgan fingerprint density at radius 2 is 2.00 bits per heavy atom. The second kappa shape index (κ2) is 9.30. The van der Waals surface area contributed by atoms with E-state index in [0.717, 1.165) is 22.3 Å². The second-order valence-corrected chi connectivity index (χ2v) is 7.98. The van der Waals surface area contributed by atoms with Gasteiger partial charge < -0.3 is 20.1 Å². The lowest BCUT2D eigenvalue weighted by Gasteiger charge is -2.18. The van der Waals surface area contributed by atoms with Gasteiger partial charge in [0, 0.05) is 18.4 Å². The van der Waals surface area contributed by atoms with Crippen molar-refractivity contribution in [1.82, 2.24) is 19.9 Å². The van der Waals surface area contributed by atoms with E-state index in [2.05, 4.69) is 15.4 Å². The van der Waals surface area contributed by atoms with E-state index in [0.29, 0.717) is 23.6 Å². The van der Waals surface area contributed by atoms with Gasteiger partial charge in [-0.3, -0.25) is 9.59 Å². The number of nitrogens with one attached hydrogen (secondary N) is 2. The van der Waals surface area contributed by atoms with Gasteiger partial charge in [0.15, 0.2) is 5.82 Å². The number of fused-ring (bicyclic) bond motifs is 1. The fourth-order valence-corrected chi connectivity index (χ4v) is 3.70. The number of benzene rings is 2. The zero-order chi connectivity index (χ0) is 23.5. The first-order valence-electron chi connectivity index (χ1n) is 10.7. The number of aliphatic hydroxyl groups excluding tert-OH is 1. The smallest absolute Gasteiger partial charge is 0.275 e. The van der Waals surface area contributed by atoms with Crippen molar-refractivity contribution in [1.29, 1.82) is 0 Å². The van der Waals surface area contributed by atoms with Crippen LogP contribution in [0.15, 0.2) is 59.5 Å². The van der Waals surface area contributed by atoms with Crippen molar-refractivity contribution < 1.29 is 14.6 Å². The van der Waals surface area contributed by atoms with Crippen LogP contribution in [0.3, 0.4) is 0 Å². The molecule has 0 radical (unpaired) electrons. The number of aryl methyl sites for hydroxylation is 2. The lowest BCUT2D eigenvalue weighted by atomic mass is 10.0. The molecule has 0 bridgehead atoms. The number of aromatic nitrogens is 3. The number of aliphatic hydroxyl groups is 1. The summed E-state index contributed by atoms with van der Waals surface area (Å²) in [5.41, 5.74) is 4.08. The average molecular weight is 447 g/mol. The maximum Gasteiger partial charge on any atom is 0.275 e. The zero-order valence-corrected chi connectivity index (χ0v) is 18.8. The molecule has 1 atom stereocenters. The van der Waals surface area contributed by atoms with Gasteiger partial charge in [0.1, 0.15) is 11.3 Å². The highest BCUT2D eigenvalue weighted by Crippen LogP contribution is 2.23. The molecular formula is C25H26N4O4. The van der Waals surface area contributed by atoms with Gasteiger partial charge >= 0.3 is 0 Å². The van der Waals surface area contributed by atoms with Crippen LogP contribution in [-0.4, -0.2) is 39.3 Å². The zero-order valence-electron chi connectivity index (χ0n) is 18.8. The van der Waals surface area contributed by atoms with Crippen molar-refractivity contribution in [2.45, 2.75) is 26.3 Å².